The van der Waals surface area contributed by atoms with E-state index >= 15 is 0 Å². The van der Waals surface area contributed by atoms with Crippen LogP contribution in [0.2, 0.25) is 0 Å². The van der Waals surface area contributed by atoms with E-state index in [4.69, 9.17) is 0 Å². The molecule has 3 nitrogen and oxygen atoms in total. The summed E-state index contributed by atoms with van der Waals surface area (Å²) in [6.45, 7) is 9.58. The largest absolute Gasteiger partial charge is 0.308 e. The van der Waals surface area contributed by atoms with E-state index in [1.165, 1.54) is 27.6 Å². The lowest BCUT2D eigenvalue weighted by Gasteiger charge is -2.20. The standard InChI is InChI=1S/C14H19N3S2/c1-10-7-11(8-16-14(2,3)4)5-6-12(10)18-13-15-9-17-19-13/h5-7,9,16H,8H2,1-4H3. The molecule has 0 amide bonds. The molecule has 2 aromatic rings. The van der Waals surface area contributed by atoms with Crippen LogP contribution in [0.1, 0.15) is 31.9 Å². The van der Waals surface area contributed by atoms with Crippen LogP contribution in [0.15, 0.2) is 33.8 Å². The zero-order valence-electron chi connectivity index (χ0n) is 11.7. The molecule has 1 N–H and O–H groups in total. The van der Waals surface area contributed by atoms with Crippen molar-refractivity contribution in [3.8, 4) is 0 Å². The average molecular weight is 293 g/mol. The van der Waals surface area contributed by atoms with Crippen molar-refractivity contribution in [2.45, 2.75) is 49.0 Å². The second kappa shape index (κ2) is 6.03. The summed E-state index contributed by atoms with van der Waals surface area (Å²) in [5.74, 6) is 0. The van der Waals surface area contributed by atoms with Crippen molar-refractivity contribution in [1.82, 2.24) is 14.7 Å². The van der Waals surface area contributed by atoms with E-state index in [1.54, 1.807) is 18.1 Å². The van der Waals surface area contributed by atoms with Gasteiger partial charge in [-0.1, -0.05) is 23.9 Å². The van der Waals surface area contributed by atoms with Crippen molar-refractivity contribution in [1.29, 1.82) is 0 Å². The fourth-order valence-electron chi connectivity index (χ4n) is 1.61. The van der Waals surface area contributed by atoms with E-state index in [2.05, 4.69) is 60.6 Å². The number of hydrogen-bond acceptors (Lipinski definition) is 5. The first kappa shape index (κ1) is 14.5. The lowest BCUT2D eigenvalue weighted by Crippen LogP contribution is -2.35. The first-order valence-corrected chi connectivity index (χ1v) is 7.82. The van der Waals surface area contributed by atoms with Gasteiger partial charge in [0, 0.05) is 17.0 Å². The van der Waals surface area contributed by atoms with E-state index in [1.807, 2.05) is 0 Å². The Morgan fingerprint density at radius 3 is 2.68 bits per heavy atom. The zero-order chi connectivity index (χ0) is 13.9. The van der Waals surface area contributed by atoms with E-state index in [0.29, 0.717) is 0 Å². The van der Waals surface area contributed by atoms with Gasteiger partial charge in [0.05, 0.1) is 0 Å². The van der Waals surface area contributed by atoms with Crippen molar-refractivity contribution >= 4 is 23.3 Å². The molecule has 0 unspecified atom stereocenters. The van der Waals surface area contributed by atoms with Crippen LogP contribution in [0.3, 0.4) is 0 Å². The third-order valence-electron chi connectivity index (χ3n) is 2.60. The molecule has 1 aromatic carbocycles. The third kappa shape index (κ3) is 4.60. The Labute approximate surface area is 123 Å². The van der Waals surface area contributed by atoms with Gasteiger partial charge in [0.25, 0.3) is 0 Å². The number of nitrogens with one attached hydrogen (secondary N) is 1. The van der Waals surface area contributed by atoms with Gasteiger partial charge in [-0.25, -0.2) is 4.98 Å². The quantitative estimate of drug-likeness (QED) is 0.928. The van der Waals surface area contributed by atoms with Crippen molar-refractivity contribution < 1.29 is 0 Å². The predicted molar refractivity (Wildman–Crippen MR) is 81.8 cm³/mol. The minimum absolute atomic E-state index is 0.147. The molecule has 5 heteroatoms. The topological polar surface area (TPSA) is 37.8 Å². The number of hydrogen-bond donors (Lipinski definition) is 1. The minimum atomic E-state index is 0.147. The van der Waals surface area contributed by atoms with Gasteiger partial charge < -0.3 is 5.32 Å². The fourth-order valence-corrected chi connectivity index (χ4v) is 3.08. The Morgan fingerprint density at radius 2 is 2.11 bits per heavy atom. The Bertz CT molecular complexity index is 530. The monoisotopic (exact) mass is 293 g/mol. The smallest absolute Gasteiger partial charge is 0.174 e. The molecule has 1 aromatic heterocycles. The molecule has 0 fully saturated rings. The normalized spacial score (nSPS) is 11.8. The summed E-state index contributed by atoms with van der Waals surface area (Å²) in [5.41, 5.74) is 2.75. The molecule has 1 heterocycles. The summed E-state index contributed by atoms with van der Waals surface area (Å²) < 4.78 is 5.01. The average Bonchev–Trinajstić information content (AvgIpc) is 2.81. The van der Waals surface area contributed by atoms with Gasteiger partial charge in [0.2, 0.25) is 0 Å². The molecule has 0 spiro atoms. The van der Waals surface area contributed by atoms with E-state index < -0.39 is 0 Å². The number of aromatic nitrogens is 2. The summed E-state index contributed by atoms with van der Waals surface area (Å²) in [5, 5.41) is 3.50. The Morgan fingerprint density at radius 1 is 1.32 bits per heavy atom. The van der Waals surface area contributed by atoms with Crippen LogP contribution in [0, 0.1) is 6.92 Å². The van der Waals surface area contributed by atoms with Crippen LogP contribution in [-0.4, -0.2) is 14.9 Å². The molecular weight excluding hydrogens is 274 g/mol. The highest BCUT2D eigenvalue weighted by Gasteiger charge is 2.09. The van der Waals surface area contributed by atoms with E-state index in [9.17, 15) is 0 Å². The van der Waals surface area contributed by atoms with Crippen LogP contribution in [0.4, 0.5) is 0 Å². The van der Waals surface area contributed by atoms with Gasteiger partial charge >= 0.3 is 0 Å². The van der Waals surface area contributed by atoms with Gasteiger partial charge in [-0.2, -0.15) is 4.37 Å². The lowest BCUT2D eigenvalue weighted by molar-refractivity contribution is 0.424. The molecular formula is C14H19N3S2. The summed E-state index contributed by atoms with van der Waals surface area (Å²) in [6.07, 6.45) is 1.60. The maximum Gasteiger partial charge on any atom is 0.174 e. The van der Waals surface area contributed by atoms with Gasteiger partial charge in [-0.05, 0) is 56.4 Å². The van der Waals surface area contributed by atoms with Crippen LogP contribution in [0.25, 0.3) is 0 Å². The van der Waals surface area contributed by atoms with Crippen molar-refractivity contribution in [3.63, 3.8) is 0 Å². The first-order valence-electron chi connectivity index (χ1n) is 6.23. The number of rotatable bonds is 4. The highest BCUT2D eigenvalue weighted by molar-refractivity contribution is 8.01. The molecule has 0 aliphatic carbocycles. The summed E-state index contributed by atoms with van der Waals surface area (Å²) in [6, 6.07) is 6.58. The molecule has 0 saturated carbocycles. The van der Waals surface area contributed by atoms with Crippen LogP contribution < -0.4 is 5.32 Å². The summed E-state index contributed by atoms with van der Waals surface area (Å²) in [7, 11) is 0. The molecule has 0 aliphatic rings. The van der Waals surface area contributed by atoms with Crippen molar-refractivity contribution in [2.75, 3.05) is 0 Å². The molecule has 102 valence electrons. The van der Waals surface area contributed by atoms with Gasteiger partial charge in [0.15, 0.2) is 4.34 Å². The maximum atomic E-state index is 4.20. The Balaban J connectivity index is 2.05. The highest BCUT2D eigenvalue weighted by atomic mass is 32.2. The first-order chi connectivity index (χ1) is 8.94. The minimum Gasteiger partial charge on any atom is -0.308 e. The molecule has 0 radical (unpaired) electrons. The maximum absolute atomic E-state index is 4.20. The molecule has 2 rings (SSSR count). The van der Waals surface area contributed by atoms with Gasteiger partial charge in [-0.3, -0.25) is 0 Å². The number of nitrogens with zero attached hydrogens (tertiary/aromatic N) is 2. The molecule has 0 atom stereocenters. The van der Waals surface area contributed by atoms with Crippen LogP contribution in [0.5, 0.6) is 0 Å². The second-order valence-electron chi connectivity index (χ2n) is 5.51. The van der Waals surface area contributed by atoms with Crippen LogP contribution in [-0.2, 0) is 6.54 Å². The summed E-state index contributed by atoms with van der Waals surface area (Å²) in [4.78, 5) is 5.45. The van der Waals surface area contributed by atoms with Crippen LogP contribution >= 0.6 is 23.3 Å². The third-order valence-corrected chi connectivity index (χ3v) is 4.49. The number of aryl methyl sites for hydroxylation is 1. The highest BCUT2D eigenvalue weighted by Crippen LogP contribution is 2.31. The SMILES string of the molecule is Cc1cc(CNC(C)(C)C)ccc1Sc1ncns1. The van der Waals surface area contributed by atoms with E-state index in [0.717, 1.165) is 10.9 Å². The lowest BCUT2D eigenvalue weighted by atomic mass is 10.1. The molecule has 0 bridgehead atoms. The zero-order valence-corrected chi connectivity index (χ0v) is 13.4. The van der Waals surface area contributed by atoms with Gasteiger partial charge in [-0.15, -0.1) is 0 Å². The van der Waals surface area contributed by atoms with E-state index in [-0.39, 0.29) is 5.54 Å². The molecule has 19 heavy (non-hydrogen) atoms. The second-order valence-corrected chi connectivity index (χ2v) is 7.58. The molecule has 0 aliphatic heterocycles. The molecule has 0 saturated heterocycles. The predicted octanol–water partition coefficient (Wildman–Crippen LogP) is 3.89. The Kier molecular flexibility index (Phi) is 4.60. The van der Waals surface area contributed by atoms with Crippen molar-refractivity contribution in [2.24, 2.45) is 0 Å². The summed E-state index contributed by atoms with van der Waals surface area (Å²) >= 11 is 3.11. The van der Waals surface area contributed by atoms with Gasteiger partial charge in [0.1, 0.15) is 6.33 Å². The van der Waals surface area contributed by atoms with Crippen molar-refractivity contribution in [3.05, 3.63) is 35.7 Å². The Hall–Kier alpha value is -0.910. The fraction of sp³-hybridized carbons (Fsp3) is 0.429. The number of benzene rings is 1.